The third-order valence-corrected chi connectivity index (χ3v) is 3.96. The highest BCUT2D eigenvalue weighted by Crippen LogP contribution is 2.26. The summed E-state index contributed by atoms with van der Waals surface area (Å²) in [5.41, 5.74) is 1.60. The predicted octanol–water partition coefficient (Wildman–Crippen LogP) is 0.656. The highest BCUT2D eigenvalue weighted by atomic mass is 35.5. The first kappa shape index (κ1) is 14.3. The number of carboxylic acids is 1. The van der Waals surface area contributed by atoms with Crippen molar-refractivity contribution in [3.8, 4) is 0 Å². The van der Waals surface area contributed by atoms with Crippen molar-refractivity contribution >= 4 is 17.6 Å². The van der Waals surface area contributed by atoms with Gasteiger partial charge in [0.25, 0.3) is 0 Å². The Morgan fingerprint density at radius 3 is 2.79 bits per heavy atom. The lowest BCUT2D eigenvalue weighted by atomic mass is 10.2. The molecule has 0 aromatic carbocycles. The van der Waals surface area contributed by atoms with E-state index in [-0.39, 0.29) is 6.42 Å². The number of likely N-dealkylation sites (tertiary alicyclic amines) is 1. The van der Waals surface area contributed by atoms with Crippen molar-refractivity contribution in [1.29, 1.82) is 0 Å². The maximum atomic E-state index is 11.2. The number of hydrogen-bond donors (Lipinski definition) is 2. The van der Waals surface area contributed by atoms with Crippen LogP contribution in [0, 0.1) is 0 Å². The number of aliphatic hydroxyl groups is 1. The van der Waals surface area contributed by atoms with Gasteiger partial charge in [0.15, 0.2) is 0 Å². The van der Waals surface area contributed by atoms with Gasteiger partial charge in [-0.15, -0.1) is 0 Å². The van der Waals surface area contributed by atoms with Crippen LogP contribution in [0.1, 0.15) is 24.7 Å². The van der Waals surface area contributed by atoms with E-state index in [0.717, 1.165) is 17.8 Å². The first-order chi connectivity index (χ1) is 8.93. The molecule has 106 valence electrons. The predicted molar refractivity (Wildman–Crippen MR) is 70.1 cm³/mol. The zero-order chi connectivity index (χ0) is 14.2. The lowest BCUT2D eigenvalue weighted by Gasteiger charge is -2.20. The van der Waals surface area contributed by atoms with E-state index in [1.807, 2.05) is 6.92 Å². The fourth-order valence-corrected chi connectivity index (χ4v) is 2.85. The summed E-state index contributed by atoms with van der Waals surface area (Å²) in [6, 6.07) is -0.661. The zero-order valence-electron chi connectivity index (χ0n) is 11.0. The van der Waals surface area contributed by atoms with Crippen LogP contribution in [0.25, 0.3) is 0 Å². The fraction of sp³-hybridized carbons (Fsp3) is 0.667. The van der Waals surface area contributed by atoms with Gasteiger partial charge >= 0.3 is 5.97 Å². The second-order valence-electron chi connectivity index (χ2n) is 4.86. The van der Waals surface area contributed by atoms with Crippen molar-refractivity contribution in [2.45, 2.75) is 38.5 Å². The molecule has 6 nitrogen and oxygen atoms in total. The molecular formula is C12H18ClN3O3. The SMILES string of the molecule is CCc1nn(C)c(CN2CC(O)CC2C(=O)O)c1Cl. The van der Waals surface area contributed by atoms with E-state index in [2.05, 4.69) is 5.10 Å². The highest BCUT2D eigenvalue weighted by molar-refractivity contribution is 6.31. The number of carbonyl (C=O) groups is 1. The second kappa shape index (κ2) is 5.48. The van der Waals surface area contributed by atoms with Crippen LogP contribution < -0.4 is 0 Å². The number of hydrogen-bond acceptors (Lipinski definition) is 4. The van der Waals surface area contributed by atoms with E-state index < -0.39 is 18.1 Å². The van der Waals surface area contributed by atoms with Crippen LogP contribution in [-0.2, 0) is 24.8 Å². The molecule has 0 amide bonds. The third kappa shape index (κ3) is 2.75. The Bertz CT molecular complexity index is 489. The minimum Gasteiger partial charge on any atom is -0.480 e. The number of nitrogens with zero attached hydrogens (tertiary/aromatic N) is 3. The Morgan fingerprint density at radius 1 is 1.58 bits per heavy atom. The third-order valence-electron chi connectivity index (χ3n) is 3.52. The average molecular weight is 288 g/mol. The molecule has 0 radical (unpaired) electrons. The molecule has 1 aromatic rings. The van der Waals surface area contributed by atoms with Gasteiger partial charge in [-0.25, -0.2) is 0 Å². The largest absolute Gasteiger partial charge is 0.480 e. The van der Waals surface area contributed by atoms with Crippen molar-refractivity contribution in [3.05, 3.63) is 16.4 Å². The van der Waals surface area contributed by atoms with Gasteiger partial charge in [0.05, 0.1) is 22.5 Å². The molecule has 1 fully saturated rings. The van der Waals surface area contributed by atoms with E-state index in [1.165, 1.54) is 0 Å². The number of aromatic nitrogens is 2. The average Bonchev–Trinajstić information content (AvgIpc) is 2.84. The molecule has 2 atom stereocenters. The number of β-amino-alcohol motifs (C(OH)–C–C–N with tert-alkyl or cyclic N) is 1. The van der Waals surface area contributed by atoms with Gasteiger partial charge < -0.3 is 10.2 Å². The van der Waals surface area contributed by atoms with Gasteiger partial charge in [-0.1, -0.05) is 18.5 Å². The van der Waals surface area contributed by atoms with E-state index in [4.69, 9.17) is 16.7 Å². The summed E-state index contributed by atoms with van der Waals surface area (Å²) >= 11 is 6.25. The summed E-state index contributed by atoms with van der Waals surface area (Å²) < 4.78 is 1.69. The summed E-state index contributed by atoms with van der Waals surface area (Å²) in [5, 5.41) is 23.7. The molecule has 7 heteroatoms. The molecule has 2 N–H and O–H groups in total. The van der Waals surface area contributed by atoms with Gasteiger partial charge in [-0.3, -0.25) is 14.4 Å². The number of rotatable bonds is 4. The molecule has 1 aliphatic heterocycles. The monoisotopic (exact) mass is 287 g/mol. The minimum absolute atomic E-state index is 0.255. The van der Waals surface area contributed by atoms with E-state index in [0.29, 0.717) is 18.1 Å². The standard InChI is InChI=1S/C12H18ClN3O3/c1-3-8-11(13)10(15(2)14-8)6-16-5-7(17)4-9(16)12(18)19/h7,9,17H,3-6H2,1-2H3,(H,18,19). The first-order valence-corrected chi connectivity index (χ1v) is 6.67. The van der Waals surface area contributed by atoms with E-state index in [9.17, 15) is 9.90 Å². The van der Waals surface area contributed by atoms with Crippen molar-refractivity contribution in [2.24, 2.45) is 7.05 Å². The molecular weight excluding hydrogens is 270 g/mol. The number of aliphatic carboxylic acids is 1. The normalized spacial score (nSPS) is 24.0. The van der Waals surface area contributed by atoms with Gasteiger partial charge in [-0.2, -0.15) is 5.10 Å². The lowest BCUT2D eigenvalue weighted by molar-refractivity contribution is -0.142. The van der Waals surface area contributed by atoms with Gasteiger partial charge in [0, 0.05) is 26.6 Å². The van der Waals surface area contributed by atoms with Crippen LogP contribution in [0.2, 0.25) is 5.02 Å². The Hall–Kier alpha value is -1.11. The Morgan fingerprint density at radius 2 is 2.26 bits per heavy atom. The summed E-state index contributed by atoms with van der Waals surface area (Å²) in [4.78, 5) is 12.9. The van der Waals surface area contributed by atoms with Crippen LogP contribution in [0.15, 0.2) is 0 Å². The second-order valence-corrected chi connectivity index (χ2v) is 5.24. The fourth-order valence-electron chi connectivity index (χ4n) is 2.49. The van der Waals surface area contributed by atoms with Crippen LogP contribution in [0.4, 0.5) is 0 Å². The lowest BCUT2D eigenvalue weighted by Crippen LogP contribution is -2.36. The van der Waals surface area contributed by atoms with Crippen LogP contribution in [0.3, 0.4) is 0 Å². The molecule has 1 aliphatic rings. The Labute approximate surface area is 116 Å². The van der Waals surface area contributed by atoms with Crippen LogP contribution >= 0.6 is 11.6 Å². The van der Waals surface area contributed by atoms with Gasteiger partial charge in [-0.05, 0) is 6.42 Å². The van der Waals surface area contributed by atoms with Gasteiger partial charge in [0.2, 0.25) is 0 Å². The first-order valence-electron chi connectivity index (χ1n) is 6.29. The molecule has 2 heterocycles. The number of carboxylic acid groups (broad SMARTS) is 1. The zero-order valence-corrected chi connectivity index (χ0v) is 11.8. The number of halogens is 1. The Kier molecular flexibility index (Phi) is 4.13. The van der Waals surface area contributed by atoms with Crippen molar-refractivity contribution in [2.75, 3.05) is 6.54 Å². The molecule has 19 heavy (non-hydrogen) atoms. The van der Waals surface area contributed by atoms with E-state index in [1.54, 1.807) is 16.6 Å². The van der Waals surface area contributed by atoms with Crippen molar-refractivity contribution < 1.29 is 15.0 Å². The molecule has 1 saturated heterocycles. The smallest absolute Gasteiger partial charge is 0.321 e. The van der Waals surface area contributed by atoms with Gasteiger partial charge in [0.1, 0.15) is 6.04 Å². The molecule has 0 aliphatic carbocycles. The minimum atomic E-state index is -0.912. The van der Waals surface area contributed by atoms with Crippen LogP contribution in [-0.4, -0.2) is 49.6 Å². The molecule has 0 saturated carbocycles. The quantitative estimate of drug-likeness (QED) is 0.850. The van der Waals surface area contributed by atoms with E-state index >= 15 is 0 Å². The molecule has 1 aromatic heterocycles. The molecule has 2 rings (SSSR count). The molecule has 0 spiro atoms. The number of aryl methyl sites for hydroxylation is 2. The van der Waals surface area contributed by atoms with Crippen LogP contribution in [0.5, 0.6) is 0 Å². The number of aliphatic hydroxyl groups excluding tert-OH is 1. The maximum absolute atomic E-state index is 11.2. The van der Waals surface area contributed by atoms with Crippen molar-refractivity contribution in [3.63, 3.8) is 0 Å². The molecule has 0 bridgehead atoms. The maximum Gasteiger partial charge on any atom is 0.321 e. The summed E-state index contributed by atoms with van der Waals surface area (Å²) in [7, 11) is 1.79. The molecule has 2 unspecified atom stereocenters. The summed E-state index contributed by atoms with van der Waals surface area (Å²) in [6.07, 6.45) is 0.391. The highest BCUT2D eigenvalue weighted by Gasteiger charge is 2.36. The summed E-state index contributed by atoms with van der Waals surface area (Å²) in [6.45, 7) is 2.70. The summed E-state index contributed by atoms with van der Waals surface area (Å²) in [5.74, 6) is -0.912. The topological polar surface area (TPSA) is 78.6 Å². The van der Waals surface area contributed by atoms with Crippen molar-refractivity contribution in [1.82, 2.24) is 14.7 Å². The Balaban J connectivity index is 2.21.